The maximum absolute atomic E-state index is 12.3. The molecule has 0 atom stereocenters. The summed E-state index contributed by atoms with van der Waals surface area (Å²) in [5.74, 6) is 7.36. The summed E-state index contributed by atoms with van der Waals surface area (Å²) in [5, 5.41) is 11.1. The number of benzene rings is 2. The third kappa shape index (κ3) is 4.97. The Morgan fingerprint density at radius 2 is 1.90 bits per heavy atom. The van der Waals surface area contributed by atoms with Gasteiger partial charge in [-0.05, 0) is 36.4 Å². The Bertz CT molecular complexity index is 1080. The molecule has 162 valence electrons. The molecule has 12 heteroatoms. The molecule has 0 unspecified atom stereocenters. The normalized spacial score (nSPS) is 12.6. The van der Waals surface area contributed by atoms with E-state index in [0.29, 0.717) is 46.9 Å². The molecule has 1 aliphatic heterocycles. The van der Waals surface area contributed by atoms with Crippen LogP contribution in [0.1, 0.15) is 0 Å². The van der Waals surface area contributed by atoms with Gasteiger partial charge in [-0.3, -0.25) is 4.79 Å². The highest BCUT2D eigenvalue weighted by atomic mass is 32.2. The molecule has 2 aromatic carbocycles. The average Bonchev–Trinajstić information content (AvgIpc) is 3.12. The number of halogens is 2. The van der Waals surface area contributed by atoms with Crippen molar-refractivity contribution in [3.05, 3.63) is 42.5 Å². The second-order valence-corrected chi connectivity index (χ2v) is 7.22. The number of hydrogen-bond acceptors (Lipinski definition) is 8. The zero-order valence-electron chi connectivity index (χ0n) is 16.0. The number of carbonyl (C=O) groups is 1. The van der Waals surface area contributed by atoms with Crippen LogP contribution in [-0.4, -0.2) is 46.4 Å². The maximum atomic E-state index is 12.3. The van der Waals surface area contributed by atoms with Crippen LogP contribution in [0.25, 0.3) is 11.4 Å². The van der Waals surface area contributed by atoms with Crippen molar-refractivity contribution in [2.24, 2.45) is 0 Å². The predicted molar refractivity (Wildman–Crippen MR) is 109 cm³/mol. The lowest BCUT2D eigenvalue weighted by atomic mass is 10.2. The molecule has 0 saturated heterocycles. The van der Waals surface area contributed by atoms with Crippen LogP contribution in [0.15, 0.2) is 47.6 Å². The summed E-state index contributed by atoms with van der Waals surface area (Å²) in [6.07, 6.45) is 0. The number of thioether (sulfide) groups is 1. The van der Waals surface area contributed by atoms with Crippen LogP contribution in [0.3, 0.4) is 0 Å². The lowest BCUT2D eigenvalue weighted by Gasteiger charge is -2.18. The number of carbonyl (C=O) groups excluding carboxylic acids is 1. The summed E-state index contributed by atoms with van der Waals surface area (Å²) in [6, 6.07) is 11.0. The molecular weight excluding hydrogens is 432 g/mol. The zero-order chi connectivity index (χ0) is 21.8. The molecule has 2 heterocycles. The van der Waals surface area contributed by atoms with Crippen molar-refractivity contribution in [3.63, 3.8) is 0 Å². The molecule has 1 aliphatic rings. The van der Waals surface area contributed by atoms with Crippen LogP contribution >= 0.6 is 11.8 Å². The molecule has 0 radical (unpaired) electrons. The topological polar surface area (TPSA) is 114 Å². The minimum absolute atomic E-state index is 0.0206. The average molecular weight is 449 g/mol. The van der Waals surface area contributed by atoms with Gasteiger partial charge in [0.25, 0.3) is 0 Å². The van der Waals surface area contributed by atoms with Gasteiger partial charge in [0.05, 0.1) is 5.75 Å². The summed E-state index contributed by atoms with van der Waals surface area (Å²) in [6.45, 7) is -1.96. The van der Waals surface area contributed by atoms with E-state index in [4.69, 9.17) is 15.3 Å². The Balaban J connectivity index is 1.36. The van der Waals surface area contributed by atoms with E-state index in [-0.39, 0.29) is 17.4 Å². The lowest BCUT2D eigenvalue weighted by Crippen LogP contribution is -2.18. The maximum Gasteiger partial charge on any atom is 0.387 e. The molecule has 0 spiro atoms. The van der Waals surface area contributed by atoms with E-state index in [9.17, 15) is 13.6 Å². The quantitative estimate of drug-likeness (QED) is 0.418. The highest BCUT2D eigenvalue weighted by molar-refractivity contribution is 7.99. The fourth-order valence-corrected chi connectivity index (χ4v) is 3.46. The molecular formula is C19H17F2N5O4S. The zero-order valence-corrected chi connectivity index (χ0v) is 16.8. The van der Waals surface area contributed by atoms with Crippen molar-refractivity contribution in [1.29, 1.82) is 0 Å². The number of alkyl halides is 2. The van der Waals surface area contributed by atoms with Gasteiger partial charge in [-0.1, -0.05) is 11.8 Å². The molecule has 31 heavy (non-hydrogen) atoms. The molecule has 3 aromatic rings. The SMILES string of the molecule is Nn1c(SCC(=O)Nc2ccc3c(c2)OCCO3)nnc1-c1ccc(OC(F)F)cc1. The Morgan fingerprint density at radius 3 is 2.65 bits per heavy atom. The largest absolute Gasteiger partial charge is 0.486 e. The highest BCUT2D eigenvalue weighted by Gasteiger charge is 2.16. The molecule has 9 nitrogen and oxygen atoms in total. The molecule has 0 fully saturated rings. The Kier molecular flexibility index (Phi) is 6.07. The first-order valence-corrected chi connectivity index (χ1v) is 10.1. The van der Waals surface area contributed by atoms with Gasteiger partial charge >= 0.3 is 6.61 Å². The number of anilines is 1. The first-order valence-electron chi connectivity index (χ1n) is 9.07. The number of nitrogens with zero attached hydrogens (tertiary/aromatic N) is 3. The van der Waals surface area contributed by atoms with E-state index in [1.807, 2.05) is 0 Å². The first kappa shape index (κ1) is 20.7. The second-order valence-electron chi connectivity index (χ2n) is 6.27. The predicted octanol–water partition coefficient (Wildman–Crippen LogP) is 2.76. The van der Waals surface area contributed by atoms with Crippen LogP contribution in [0, 0.1) is 0 Å². The van der Waals surface area contributed by atoms with Gasteiger partial charge in [-0.15, -0.1) is 10.2 Å². The summed E-state index contributed by atoms with van der Waals surface area (Å²) < 4.78 is 41.0. The van der Waals surface area contributed by atoms with E-state index in [2.05, 4.69) is 20.3 Å². The summed E-state index contributed by atoms with van der Waals surface area (Å²) in [7, 11) is 0. The monoisotopic (exact) mass is 449 g/mol. The van der Waals surface area contributed by atoms with Crippen molar-refractivity contribution < 1.29 is 27.8 Å². The van der Waals surface area contributed by atoms with Crippen LogP contribution in [0.4, 0.5) is 14.5 Å². The van der Waals surface area contributed by atoms with Crippen LogP contribution in [0.5, 0.6) is 17.2 Å². The number of fused-ring (bicyclic) bond motifs is 1. The third-order valence-electron chi connectivity index (χ3n) is 4.16. The smallest absolute Gasteiger partial charge is 0.387 e. The van der Waals surface area contributed by atoms with Gasteiger partial charge in [0.15, 0.2) is 17.3 Å². The number of nitrogens with two attached hydrogens (primary N) is 1. The number of aromatic nitrogens is 3. The minimum atomic E-state index is -2.90. The Hall–Kier alpha value is -3.54. The van der Waals surface area contributed by atoms with Crippen molar-refractivity contribution in [3.8, 4) is 28.6 Å². The lowest BCUT2D eigenvalue weighted by molar-refractivity contribution is -0.113. The molecule has 0 saturated carbocycles. The number of ether oxygens (including phenoxy) is 3. The molecule has 4 rings (SSSR count). The van der Waals surface area contributed by atoms with Gasteiger partial charge in [-0.2, -0.15) is 8.78 Å². The van der Waals surface area contributed by atoms with E-state index in [0.717, 1.165) is 11.8 Å². The summed E-state index contributed by atoms with van der Waals surface area (Å²) >= 11 is 1.10. The highest BCUT2D eigenvalue weighted by Crippen LogP contribution is 2.32. The second kappa shape index (κ2) is 9.08. The van der Waals surface area contributed by atoms with E-state index < -0.39 is 6.61 Å². The van der Waals surface area contributed by atoms with Crippen molar-refractivity contribution in [2.75, 3.05) is 30.1 Å². The van der Waals surface area contributed by atoms with Gasteiger partial charge < -0.3 is 25.4 Å². The standard InChI is InChI=1S/C19H17F2N5O4S/c20-18(21)30-13-4-1-11(2-5-13)17-24-25-19(26(17)22)31-10-16(27)23-12-3-6-14-15(9-12)29-8-7-28-14/h1-6,9,18H,7-8,10,22H2,(H,23,27). The number of rotatable bonds is 7. The fraction of sp³-hybridized carbons (Fsp3) is 0.211. The van der Waals surface area contributed by atoms with Crippen LogP contribution in [-0.2, 0) is 4.79 Å². The van der Waals surface area contributed by atoms with Crippen LogP contribution < -0.4 is 25.4 Å². The molecule has 0 aliphatic carbocycles. The molecule has 0 bridgehead atoms. The number of nitrogen functional groups attached to an aromatic ring is 1. The summed E-state index contributed by atoms with van der Waals surface area (Å²) in [4.78, 5) is 12.3. The van der Waals surface area contributed by atoms with Crippen molar-refractivity contribution in [1.82, 2.24) is 14.9 Å². The number of hydrogen-bond donors (Lipinski definition) is 2. The van der Waals surface area contributed by atoms with E-state index >= 15 is 0 Å². The number of nitrogens with one attached hydrogen (secondary N) is 1. The fourth-order valence-electron chi connectivity index (χ4n) is 2.81. The van der Waals surface area contributed by atoms with E-state index in [1.54, 1.807) is 18.2 Å². The molecule has 3 N–H and O–H groups in total. The van der Waals surface area contributed by atoms with Gasteiger partial charge in [0, 0.05) is 17.3 Å². The van der Waals surface area contributed by atoms with Gasteiger partial charge in [-0.25, -0.2) is 4.68 Å². The molecule has 1 amide bonds. The van der Waals surface area contributed by atoms with Crippen molar-refractivity contribution in [2.45, 2.75) is 11.8 Å². The Labute approximate surface area is 179 Å². The van der Waals surface area contributed by atoms with Crippen molar-refractivity contribution >= 4 is 23.4 Å². The van der Waals surface area contributed by atoms with Crippen LogP contribution in [0.2, 0.25) is 0 Å². The van der Waals surface area contributed by atoms with E-state index in [1.165, 1.54) is 28.9 Å². The number of amides is 1. The summed E-state index contributed by atoms with van der Waals surface area (Å²) in [5.41, 5.74) is 1.14. The van der Waals surface area contributed by atoms with Gasteiger partial charge in [0.2, 0.25) is 11.1 Å². The third-order valence-corrected chi connectivity index (χ3v) is 5.10. The Morgan fingerprint density at radius 1 is 1.16 bits per heavy atom. The first-order chi connectivity index (χ1) is 15.0. The molecule has 1 aromatic heterocycles. The minimum Gasteiger partial charge on any atom is -0.486 e. The van der Waals surface area contributed by atoms with Gasteiger partial charge in [0.1, 0.15) is 19.0 Å².